The predicted octanol–water partition coefficient (Wildman–Crippen LogP) is 1.59. The van der Waals surface area contributed by atoms with E-state index in [-0.39, 0.29) is 24.4 Å². The van der Waals surface area contributed by atoms with Gasteiger partial charge in [0.2, 0.25) is 11.5 Å². The van der Waals surface area contributed by atoms with Crippen LogP contribution < -0.4 is 5.32 Å². The smallest absolute Gasteiger partial charge is 0.267 e. The number of nitrogens with one attached hydrogen (secondary N) is 1. The number of carbonyl (C=O) groups is 2. The van der Waals surface area contributed by atoms with Crippen LogP contribution in [-0.2, 0) is 9.59 Å². The van der Waals surface area contributed by atoms with Crippen molar-refractivity contribution in [3.05, 3.63) is 48.3 Å². The van der Waals surface area contributed by atoms with Gasteiger partial charge in [-0.2, -0.15) is 0 Å². The quantitative estimate of drug-likeness (QED) is 0.631. The van der Waals surface area contributed by atoms with Crippen LogP contribution in [0.2, 0.25) is 0 Å². The molecule has 3 heterocycles. The second-order valence-electron chi connectivity index (χ2n) is 7.09. The maximum atomic E-state index is 12.1. The molecule has 30 heavy (non-hydrogen) atoms. The minimum absolute atomic E-state index is 0.173. The van der Waals surface area contributed by atoms with Gasteiger partial charge in [0, 0.05) is 38.1 Å². The Morgan fingerprint density at radius 1 is 1.33 bits per heavy atom. The molecule has 2 aromatic heterocycles. The normalized spacial score (nSPS) is 18.7. The number of likely N-dealkylation sites (tertiary alicyclic amines) is 1. The van der Waals surface area contributed by atoms with E-state index < -0.39 is 11.5 Å². The SMILES string of the molecule is [2H]c1nc(NC(C)=O)c2nc(-c3cccc(C#CC4(O)CCN(C)C4=O)c3)ccc2n1. The number of rotatable bonds is 2. The largest absolute Gasteiger partial charge is 0.369 e. The van der Waals surface area contributed by atoms with Gasteiger partial charge in [-0.05, 0) is 24.3 Å². The molecule has 1 aliphatic rings. The summed E-state index contributed by atoms with van der Waals surface area (Å²) in [6, 6.07) is 10.7. The number of anilines is 1. The van der Waals surface area contributed by atoms with Gasteiger partial charge in [0.15, 0.2) is 5.82 Å². The van der Waals surface area contributed by atoms with Gasteiger partial charge in [0.25, 0.3) is 5.91 Å². The third-order valence-electron chi connectivity index (χ3n) is 4.81. The van der Waals surface area contributed by atoms with Gasteiger partial charge in [-0.25, -0.2) is 15.0 Å². The van der Waals surface area contributed by atoms with Crippen molar-refractivity contribution in [2.45, 2.75) is 18.9 Å². The second-order valence-corrected chi connectivity index (χ2v) is 7.09. The highest BCUT2D eigenvalue weighted by atomic mass is 16.3. The van der Waals surface area contributed by atoms with Crippen molar-refractivity contribution in [1.82, 2.24) is 19.9 Å². The molecule has 1 unspecified atom stereocenters. The van der Waals surface area contributed by atoms with Gasteiger partial charge in [0.05, 0.1) is 11.2 Å². The molecule has 2 amide bonds. The lowest BCUT2D eigenvalue weighted by Gasteiger charge is -2.13. The lowest BCUT2D eigenvalue weighted by Crippen LogP contribution is -2.37. The Kier molecular flexibility index (Phi) is 4.58. The average molecular weight is 402 g/mol. The molecule has 0 spiro atoms. The molecule has 0 radical (unpaired) electrons. The highest BCUT2D eigenvalue weighted by Crippen LogP contribution is 2.25. The standard InChI is InChI=1S/C22H19N5O3/c1-14(28)25-20-19-18(23-13-24-20)7-6-17(26-19)16-5-3-4-15(12-16)8-9-22(30)10-11-27(2)21(22)29/h3-7,12-13,30H,10-11H2,1-2H3,(H,23,24,25,28)/i13D. The fourth-order valence-electron chi connectivity index (χ4n) is 3.21. The molecule has 1 atom stereocenters. The van der Waals surface area contributed by atoms with Gasteiger partial charge in [-0.3, -0.25) is 9.59 Å². The number of benzene rings is 1. The molecule has 4 rings (SSSR count). The van der Waals surface area contributed by atoms with E-state index in [0.717, 1.165) is 5.56 Å². The zero-order valence-corrected chi connectivity index (χ0v) is 16.4. The third-order valence-corrected chi connectivity index (χ3v) is 4.81. The fourth-order valence-corrected chi connectivity index (χ4v) is 3.21. The molecule has 1 aromatic carbocycles. The first-order chi connectivity index (χ1) is 14.7. The first-order valence-corrected chi connectivity index (χ1v) is 9.30. The van der Waals surface area contributed by atoms with Gasteiger partial charge in [0.1, 0.15) is 13.2 Å². The molecular weight excluding hydrogens is 382 g/mol. The van der Waals surface area contributed by atoms with Gasteiger partial charge >= 0.3 is 0 Å². The molecule has 8 heteroatoms. The summed E-state index contributed by atoms with van der Waals surface area (Å²) < 4.78 is 7.70. The Morgan fingerprint density at radius 2 is 2.17 bits per heavy atom. The Hall–Kier alpha value is -3.83. The molecule has 1 saturated heterocycles. The van der Waals surface area contributed by atoms with Crippen molar-refractivity contribution in [3.8, 4) is 23.1 Å². The zero-order chi connectivity index (χ0) is 22.2. The van der Waals surface area contributed by atoms with E-state index in [1.807, 2.05) is 6.07 Å². The molecule has 0 bridgehead atoms. The minimum atomic E-state index is -1.66. The lowest BCUT2D eigenvalue weighted by molar-refractivity contribution is -0.137. The Morgan fingerprint density at radius 3 is 2.90 bits per heavy atom. The molecule has 1 fully saturated rings. The number of aliphatic hydroxyl groups is 1. The number of nitrogens with zero attached hydrogens (tertiary/aromatic N) is 4. The average Bonchev–Trinajstić information content (AvgIpc) is 3.00. The van der Waals surface area contributed by atoms with E-state index in [1.54, 1.807) is 37.4 Å². The molecule has 0 saturated carbocycles. The molecular formula is C22H19N5O3. The molecule has 1 aliphatic heterocycles. The molecule has 3 aromatic rings. The first-order valence-electron chi connectivity index (χ1n) is 9.80. The van der Waals surface area contributed by atoms with Gasteiger partial charge in [-0.15, -0.1) is 0 Å². The van der Waals surface area contributed by atoms with Crippen LogP contribution in [0.1, 0.15) is 20.3 Å². The Labute approximate surface area is 174 Å². The minimum Gasteiger partial charge on any atom is -0.369 e. The highest BCUT2D eigenvalue weighted by Gasteiger charge is 2.42. The number of hydrogen-bond donors (Lipinski definition) is 2. The maximum absolute atomic E-state index is 12.1. The predicted molar refractivity (Wildman–Crippen MR) is 111 cm³/mol. The summed E-state index contributed by atoms with van der Waals surface area (Å²) in [4.78, 5) is 37.6. The maximum Gasteiger partial charge on any atom is 0.267 e. The van der Waals surface area contributed by atoms with Crippen molar-refractivity contribution in [2.75, 3.05) is 18.9 Å². The van der Waals surface area contributed by atoms with Crippen molar-refractivity contribution in [3.63, 3.8) is 0 Å². The van der Waals surface area contributed by atoms with E-state index in [0.29, 0.717) is 28.8 Å². The van der Waals surface area contributed by atoms with E-state index in [2.05, 4.69) is 32.1 Å². The van der Waals surface area contributed by atoms with Crippen molar-refractivity contribution in [1.29, 1.82) is 0 Å². The fraction of sp³-hybridized carbons (Fsp3) is 0.227. The van der Waals surface area contributed by atoms with E-state index in [4.69, 9.17) is 1.37 Å². The zero-order valence-electron chi connectivity index (χ0n) is 17.4. The molecule has 150 valence electrons. The monoisotopic (exact) mass is 402 g/mol. The summed E-state index contributed by atoms with van der Waals surface area (Å²) in [5, 5.41) is 13.1. The summed E-state index contributed by atoms with van der Waals surface area (Å²) in [6.45, 7) is 1.81. The summed E-state index contributed by atoms with van der Waals surface area (Å²) in [6.07, 6.45) is 0.0543. The topological polar surface area (TPSA) is 108 Å². The first kappa shape index (κ1) is 18.2. The van der Waals surface area contributed by atoms with Crippen LogP contribution in [0.4, 0.5) is 5.82 Å². The Balaban J connectivity index is 1.71. The number of hydrogen-bond acceptors (Lipinski definition) is 6. The third kappa shape index (κ3) is 3.71. The van der Waals surface area contributed by atoms with Crippen LogP contribution in [0.3, 0.4) is 0 Å². The van der Waals surface area contributed by atoms with Crippen molar-refractivity contribution in [2.24, 2.45) is 0 Å². The van der Waals surface area contributed by atoms with Crippen molar-refractivity contribution >= 4 is 28.7 Å². The van der Waals surface area contributed by atoms with Crippen LogP contribution in [0.5, 0.6) is 0 Å². The second kappa shape index (κ2) is 7.54. The van der Waals surface area contributed by atoms with Crippen LogP contribution in [-0.4, -0.2) is 56.0 Å². The number of aromatic nitrogens is 3. The molecule has 0 aliphatic carbocycles. The van der Waals surface area contributed by atoms with Gasteiger partial charge < -0.3 is 15.3 Å². The lowest BCUT2D eigenvalue weighted by atomic mass is 10.0. The van der Waals surface area contributed by atoms with Crippen LogP contribution >= 0.6 is 0 Å². The summed E-state index contributed by atoms with van der Waals surface area (Å²) in [7, 11) is 1.64. The summed E-state index contributed by atoms with van der Waals surface area (Å²) in [5.74, 6) is 5.04. The number of likely N-dealkylation sites (N-methyl/N-ethyl adjacent to an activating group) is 1. The highest BCUT2D eigenvalue weighted by molar-refractivity contribution is 5.96. The number of amides is 2. The molecule has 8 nitrogen and oxygen atoms in total. The van der Waals surface area contributed by atoms with Crippen molar-refractivity contribution < 1.29 is 16.1 Å². The number of pyridine rings is 1. The van der Waals surface area contributed by atoms with Gasteiger partial charge in [-0.1, -0.05) is 24.0 Å². The number of fused-ring (bicyclic) bond motifs is 1. The summed E-state index contributed by atoms with van der Waals surface area (Å²) >= 11 is 0. The number of carbonyl (C=O) groups excluding carboxylic acids is 2. The van der Waals surface area contributed by atoms with Crippen LogP contribution in [0.25, 0.3) is 22.3 Å². The summed E-state index contributed by atoms with van der Waals surface area (Å²) in [5.41, 5.74) is 1.11. The van der Waals surface area contributed by atoms with E-state index in [1.165, 1.54) is 11.8 Å². The van der Waals surface area contributed by atoms with Crippen LogP contribution in [0, 0.1) is 11.8 Å². The molecule has 2 N–H and O–H groups in total. The van der Waals surface area contributed by atoms with E-state index in [9.17, 15) is 14.7 Å². The Bertz CT molecular complexity index is 1280. The van der Waals surface area contributed by atoms with E-state index >= 15 is 0 Å². The van der Waals surface area contributed by atoms with Crippen LogP contribution in [0.15, 0.2) is 42.7 Å².